The van der Waals surface area contributed by atoms with Gasteiger partial charge in [-0.3, -0.25) is 4.90 Å². The molecule has 0 atom stereocenters. The Morgan fingerprint density at radius 1 is 1.31 bits per heavy atom. The molecule has 1 fully saturated rings. The minimum Gasteiger partial charge on any atom is -0.329 e. The number of hydrogen-bond acceptors (Lipinski definition) is 3. The lowest BCUT2D eigenvalue weighted by atomic mass is 9.85. The summed E-state index contributed by atoms with van der Waals surface area (Å²) in [5, 5.41) is 0. The summed E-state index contributed by atoms with van der Waals surface area (Å²) < 4.78 is 0. The number of nitrogens with zero attached hydrogens (tertiary/aromatic N) is 2. The molecule has 3 nitrogen and oxygen atoms in total. The van der Waals surface area contributed by atoms with Gasteiger partial charge in [0, 0.05) is 31.2 Å². The Labute approximate surface area is 101 Å². The van der Waals surface area contributed by atoms with Gasteiger partial charge < -0.3 is 10.6 Å². The lowest BCUT2D eigenvalue weighted by Gasteiger charge is -2.48. The molecule has 0 saturated carbocycles. The largest absolute Gasteiger partial charge is 0.329 e. The second-order valence-corrected chi connectivity index (χ2v) is 5.48. The van der Waals surface area contributed by atoms with E-state index in [9.17, 15) is 0 Å². The maximum atomic E-state index is 6.03. The Morgan fingerprint density at radius 3 is 2.25 bits per heavy atom. The first-order valence-corrected chi connectivity index (χ1v) is 6.71. The van der Waals surface area contributed by atoms with Gasteiger partial charge in [0.25, 0.3) is 0 Å². The van der Waals surface area contributed by atoms with Crippen LogP contribution in [0.15, 0.2) is 0 Å². The first-order valence-electron chi connectivity index (χ1n) is 6.71. The first kappa shape index (κ1) is 13.9. The molecule has 0 unspecified atom stereocenters. The van der Waals surface area contributed by atoms with Gasteiger partial charge in [-0.2, -0.15) is 0 Å². The van der Waals surface area contributed by atoms with E-state index >= 15 is 0 Å². The van der Waals surface area contributed by atoms with Crippen LogP contribution in [0, 0.1) is 0 Å². The van der Waals surface area contributed by atoms with Crippen molar-refractivity contribution in [3.05, 3.63) is 0 Å². The highest BCUT2D eigenvalue weighted by Gasteiger charge is 2.36. The molecule has 2 N–H and O–H groups in total. The Balaban J connectivity index is 2.57. The molecule has 1 heterocycles. The number of likely N-dealkylation sites (N-methyl/N-ethyl adjacent to an activating group) is 1. The topological polar surface area (TPSA) is 32.5 Å². The van der Waals surface area contributed by atoms with Crippen molar-refractivity contribution in [1.29, 1.82) is 0 Å². The van der Waals surface area contributed by atoms with Gasteiger partial charge in [-0.25, -0.2) is 0 Å². The standard InChI is InChI=1S/C13H29N3/c1-5-8-15(4)13(11-14)6-9-16(10-7-13)12(2)3/h12H,5-11,14H2,1-4H3. The van der Waals surface area contributed by atoms with Crippen LogP contribution in [0.3, 0.4) is 0 Å². The summed E-state index contributed by atoms with van der Waals surface area (Å²) in [5.74, 6) is 0. The maximum Gasteiger partial charge on any atom is 0.0353 e. The minimum atomic E-state index is 0.265. The van der Waals surface area contributed by atoms with Crippen LogP contribution >= 0.6 is 0 Å². The Bertz CT molecular complexity index is 195. The summed E-state index contributed by atoms with van der Waals surface area (Å²) in [4.78, 5) is 5.05. The molecule has 0 spiro atoms. The van der Waals surface area contributed by atoms with Gasteiger partial charge in [-0.05, 0) is 46.7 Å². The Hall–Kier alpha value is -0.120. The zero-order valence-corrected chi connectivity index (χ0v) is 11.5. The highest BCUT2D eigenvalue weighted by molar-refractivity contribution is 4.95. The lowest BCUT2D eigenvalue weighted by molar-refractivity contribution is 0.0346. The molecule has 3 heteroatoms. The molecule has 0 aromatic heterocycles. The molecule has 0 aromatic carbocycles. The number of hydrogen-bond donors (Lipinski definition) is 1. The molecule has 0 radical (unpaired) electrons. The van der Waals surface area contributed by atoms with E-state index < -0.39 is 0 Å². The van der Waals surface area contributed by atoms with Crippen molar-refractivity contribution >= 4 is 0 Å². The number of likely N-dealkylation sites (tertiary alicyclic amines) is 1. The molecule has 0 aromatic rings. The fourth-order valence-electron chi connectivity index (χ4n) is 2.77. The van der Waals surface area contributed by atoms with Crippen LogP contribution in [0.4, 0.5) is 0 Å². The molecule has 16 heavy (non-hydrogen) atoms. The van der Waals surface area contributed by atoms with Crippen LogP contribution in [0.5, 0.6) is 0 Å². The van der Waals surface area contributed by atoms with Crippen LogP contribution in [-0.2, 0) is 0 Å². The molecular formula is C13H29N3. The van der Waals surface area contributed by atoms with E-state index in [1.54, 1.807) is 0 Å². The second-order valence-electron chi connectivity index (χ2n) is 5.48. The number of rotatable bonds is 5. The van der Waals surface area contributed by atoms with E-state index in [4.69, 9.17) is 5.73 Å². The van der Waals surface area contributed by atoms with Crippen molar-refractivity contribution in [1.82, 2.24) is 9.80 Å². The SMILES string of the molecule is CCCN(C)C1(CN)CCN(C(C)C)CC1. The highest BCUT2D eigenvalue weighted by Crippen LogP contribution is 2.28. The number of piperidine rings is 1. The molecule has 0 amide bonds. The Morgan fingerprint density at radius 2 is 1.88 bits per heavy atom. The van der Waals surface area contributed by atoms with Gasteiger partial charge in [-0.15, -0.1) is 0 Å². The summed E-state index contributed by atoms with van der Waals surface area (Å²) in [7, 11) is 2.24. The monoisotopic (exact) mass is 227 g/mol. The lowest BCUT2D eigenvalue weighted by Crippen LogP contribution is -2.59. The van der Waals surface area contributed by atoms with Gasteiger partial charge in [0.1, 0.15) is 0 Å². The average molecular weight is 227 g/mol. The smallest absolute Gasteiger partial charge is 0.0353 e. The summed E-state index contributed by atoms with van der Waals surface area (Å²) in [5.41, 5.74) is 6.30. The first-order chi connectivity index (χ1) is 7.55. The van der Waals surface area contributed by atoms with Crippen LogP contribution in [0.25, 0.3) is 0 Å². The van der Waals surface area contributed by atoms with Gasteiger partial charge in [0.05, 0.1) is 0 Å². The molecule has 1 aliphatic rings. The third-order valence-corrected chi connectivity index (χ3v) is 4.21. The normalized spacial score (nSPS) is 21.9. The van der Waals surface area contributed by atoms with E-state index in [2.05, 4.69) is 37.6 Å². The van der Waals surface area contributed by atoms with E-state index in [1.807, 2.05) is 0 Å². The molecule has 0 bridgehead atoms. The highest BCUT2D eigenvalue weighted by atomic mass is 15.2. The summed E-state index contributed by atoms with van der Waals surface area (Å²) >= 11 is 0. The van der Waals surface area contributed by atoms with Crippen molar-refractivity contribution in [2.75, 3.05) is 33.2 Å². The van der Waals surface area contributed by atoms with Crippen molar-refractivity contribution < 1.29 is 0 Å². The predicted octanol–water partition coefficient (Wildman–Crippen LogP) is 1.53. The van der Waals surface area contributed by atoms with Gasteiger partial charge in [0.2, 0.25) is 0 Å². The third kappa shape index (κ3) is 2.96. The molecule has 0 aliphatic carbocycles. The van der Waals surface area contributed by atoms with Gasteiger partial charge >= 0.3 is 0 Å². The molecule has 96 valence electrons. The average Bonchev–Trinajstić information content (AvgIpc) is 2.29. The van der Waals surface area contributed by atoms with Crippen LogP contribution < -0.4 is 5.73 Å². The maximum absolute atomic E-state index is 6.03. The zero-order valence-electron chi connectivity index (χ0n) is 11.5. The minimum absolute atomic E-state index is 0.265. The fourth-order valence-corrected chi connectivity index (χ4v) is 2.77. The summed E-state index contributed by atoms with van der Waals surface area (Å²) in [6, 6.07) is 0.673. The number of nitrogens with two attached hydrogens (primary N) is 1. The third-order valence-electron chi connectivity index (χ3n) is 4.21. The van der Waals surface area contributed by atoms with Gasteiger partial charge in [-0.1, -0.05) is 6.92 Å². The van der Waals surface area contributed by atoms with Crippen LogP contribution in [0.2, 0.25) is 0 Å². The van der Waals surface area contributed by atoms with Crippen LogP contribution in [0.1, 0.15) is 40.0 Å². The summed E-state index contributed by atoms with van der Waals surface area (Å²) in [6.07, 6.45) is 3.66. The quantitative estimate of drug-likeness (QED) is 0.773. The van der Waals surface area contributed by atoms with Crippen molar-refractivity contribution in [2.45, 2.75) is 51.6 Å². The van der Waals surface area contributed by atoms with Gasteiger partial charge in [0.15, 0.2) is 0 Å². The Kier molecular flexibility index (Phi) is 5.22. The van der Waals surface area contributed by atoms with E-state index in [0.29, 0.717) is 6.04 Å². The molecular weight excluding hydrogens is 198 g/mol. The second kappa shape index (κ2) is 5.99. The molecule has 1 saturated heterocycles. The van der Waals surface area contributed by atoms with E-state index in [1.165, 1.54) is 38.9 Å². The zero-order chi connectivity index (χ0) is 12.2. The molecule has 1 aliphatic heterocycles. The van der Waals surface area contributed by atoms with Crippen LogP contribution in [-0.4, -0.2) is 54.6 Å². The van der Waals surface area contributed by atoms with Crippen molar-refractivity contribution in [3.63, 3.8) is 0 Å². The van der Waals surface area contributed by atoms with E-state index in [-0.39, 0.29) is 5.54 Å². The van der Waals surface area contributed by atoms with Crippen molar-refractivity contribution in [3.8, 4) is 0 Å². The predicted molar refractivity (Wildman–Crippen MR) is 70.6 cm³/mol. The fraction of sp³-hybridized carbons (Fsp3) is 1.00. The van der Waals surface area contributed by atoms with E-state index in [0.717, 1.165) is 6.54 Å². The van der Waals surface area contributed by atoms with Crippen molar-refractivity contribution in [2.24, 2.45) is 5.73 Å². The molecule has 1 rings (SSSR count). The summed E-state index contributed by atoms with van der Waals surface area (Å²) in [6.45, 7) is 11.2.